The molecule has 0 spiro atoms. The van der Waals surface area contributed by atoms with Crippen LogP contribution in [0.4, 0.5) is 0 Å². The van der Waals surface area contributed by atoms with Crippen molar-refractivity contribution in [3.63, 3.8) is 0 Å². The van der Waals surface area contributed by atoms with Crippen molar-refractivity contribution in [2.75, 3.05) is 7.11 Å². The van der Waals surface area contributed by atoms with E-state index < -0.39 is 16.0 Å². The fourth-order valence-corrected chi connectivity index (χ4v) is 4.11. The maximum absolute atomic E-state index is 12.1. The molecule has 1 fully saturated rings. The van der Waals surface area contributed by atoms with Crippen molar-refractivity contribution in [1.82, 2.24) is 9.71 Å². The molecule has 0 bridgehead atoms. The fraction of sp³-hybridized carbons (Fsp3) is 0.600. The number of sulfonamides is 1. The van der Waals surface area contributed by atoms with E-state index in [0.29, 0.717) is 5.92 Å². The van der Waals surface area contributed by atoms with Gasteiger partial charge in [0.2, 0.25) is 0 Å². The van der Waals surface area contributed by atoms with Crippen LogP contribution in [0, 0.1) is 5.92 Å². The third-order valence-electron chi connectivity index (χ3n) is 2.83. The highest BCUT2D eigenvalue weighted by Gasteiger charge is 2.33. The van der Waals surface area contributed by atoms with Crippen LogP contribution in [0.5, 0.6) is 0 Å². The summed E-state index contributed by atoms with van der Waals surface area (Å²) in [5.74, 6) is -0.343. The second-order valence-corrected chi connectivity index (χ2v) is 6.99. The van der Waals surface area contributed by atoms with Gasteiger partial charge in [-0.2, -0.15) is 0 Å². The molecular formula is C10H14N2O4S2. The number of hydrogen-bond acceptors (Lipinski definition) is 6. The largest absolute Gasteiger partial charge is 0.464 e. The first-order chi connectivity index (χ1) is 8.45. The molecule has 0 saturated heterocycles. The van der Waals surface area contributed by atoms with Crippen LogP contribution in [0.15, 0.2) is 9.72 Å². The molecule has 18 heavy (non-hydrogen) atoms. The Bertz CT molecular complexity index is 548. The predicted molar refractivity (Wildman–Crippen MR) is 66.0 cm³/mol. The van der Waals surface area contributed by atoms with Crippen LogP contribution >= 0.6 is 11.3 Å². The molecule has 0 aromatic carbocycles. The maximum atomic E-state index is 12.1. The summed E-state index contributed by atoms with van der Waals surface area (Å²) in [6, 6.07) is -0.123. The van der Waals surface area contributed by atoms with E-state index in [1.807, 2.05) is 6.92 Å². The molecule has 1 aromatic heterocycles. The topological polar surface area (TPSA) is 85.4 Å². The Hall–Kier alpha value is -0.990. The lowest BCUT2D eigenvalue weighted by molar-refractivity contribution is 0.0590. The van der Waals surface area contributed by atoms with Gasteiger partial charge in [-0.25, -0.2) is 22.9 Å². The Balaban J connectivity index is 2.23. The van der Waals surface area contributed by atoms with Gasteiger partial charge in [0.25, 0.3) is 10.0 Å². The van der Waals surface area contributed by atoms with E-state index in [1.54, 1.807) is 0 Å². The molecule has 1 atom stereocenters. The molecule has 1 saturated carbocycles. The van der Waals surface area contributed by atoms with Crippen molar-refractivity contribution >= 4 is 27.3 Å². The number of rotatable bonds is 5. The molecule has 1 aromatic rings. The summed E-state index contributed by atoms with van der Waals surface area (Å²) in [6.07, 6.45) is 2.08. The monoisotopic (exact) mass is 290 g/mol. The lowest BCUT2D eigenvalue weighted by Gasteiger charge is -2.12. The highest BCUT2D eigenvalue weighted by atomic mass is 32.2. The maximum Gasteiger partial charge on any atom is 0.358 e. The van der Waals surface area contributed by atoms with Gasteiger partial charge >= 0.3 is 5.97 Å². The third-order valence-corrected chi connectivity index (χ3v) is 5.76. The van der Waals surface area contributed by atoms with E-state index in [-0.39, 0.29) is 15.9 Å². The number of nitrogens with zero attached hydrogens (tertiary/aromatic N) is 1. The van der Waals surface area contributed by atoms with E-state index in [4.69, 9.17) is 0 Å². The molecule has 0 aliphatic heterocycles. The summed E-state index contributed by atoms with van der Waals surface area (Å²) in [6.45, 7) is 1.83. The molecule has 1 heterocycles. The third kappa shape index (κ3) is 2.70. The molecule has 100 valence electrons. The Morgan fingerprint density at radius 2 is 2.28 bits per heavy atom. The second-order valence-electron chi connectivity index (χ2n) is 4.23. The van der Waals surface area contributed by atoms with Crippen molar-refractivity contribution in [3.05, 3.63) is 11.2 Å². The van der Waals surface area contributed by atoms with Crippen LogP contribution in [-0.2, 0) is 14.8 Å². The van der Waals surface area contributed by atoms with Gasteiger partial charge < -0.3 is 4.74 Å². The molecule has 1 unspecified atom stereocenters. The molecule has 0 radical (unpaired) electrons. The number of ether oxygens (including phenoxy) is 1. The summed E-state index contributed by atoms with van der Waals surface area (Å²) < 4.78 is 31.3. The number of hydrogen-bond donors (Lipinski definition) is 1. The Kier molecular flexibility index (Phi) is 3.69. The molecule has 1 aliphatic rings. The minimum Gasteiger partial charge on any atom is -0.464 e. The summed E-state index contributed by atoms with van der Waals surface area (Å²) in [5, 5.41) is 0. The summed E-state index contributed by atoms with van der Waals surface area (Å²) in [7, 11) is -2.51. The summed E-state index contributed by atoms with van der Waals surface area (Å²) >= 11 is 0.912. The van der Waals surface area contributed by atoms with Gasteiger partial charge in [-0.15, -0.1) is 11.3 Å². The quantitative estimate of drug-likeness (QED) is 0.818. The van der Waals surface area contributed by atoms with Crippen LogP contribution in [0.2, 0.25) is 0 Å². The number of aromatic nitrogens is 1. The predicted octanol–water partition coefficient (Wildman–Crippen LogP) is 1.01. The molecule has 0 amide bonds. The first-order valence-corrected chi connectivity index (χ1v) is 7.86. The molecule has 6 nitrogen and oxygen atoms in total. The van der Waals surface area contributed by atoms with Gasteiger partial charge in [0.15, 0.2) is 9.90 Å². The summed E-state index contributed by atoms with van der Waals surface area (Å²) in [5.41, 5.74) is 1.17. The average molecular weight is 290 g/mol. The highest BCUT2D eigenvalue weighted by molar-refractivity contribution is 7.91. The van der Waals surface area contributed by atoms with Crippen molar-refractivity contribution in [3.8, 4) is 0 Å². The zero-order chi connectivity index (χ0) is 13.3. The number of thiazole rings is 1. The number of carbonyl (C=O) groups excluding carboxylic acids is 1. The van der Waals surface area contributed by atoms with Crippen LogP contribution in [0.25, 0.3) is 0 Å². The first-order valence-electron chi connectivity index (χ1n) is 5.50. The lowest BCUT2D eigenvalue weighted by Crippen LogP contribution is -2.34. The molecule has 2 rings (SSSR count). The van der Waals surface area contributed by atoms with Gasteiger partial charge in [0, 0.05) is 6.04 Å². The van der Waals surface area contributed by atoms with Gasteiger partial charge in [0.1, 0.15) is 0 Å². The first kappa shape index (κ1) is 13.4. The minimum absolute atomic E-state index is 0.0816. The van der Waals surface area contributed by atoms with Crippen molar-refractivity contribution in [2.45, 2.75) is 30.0 Å². The van der Waals surface area contributed by atoms with Crippen molar-refractivity contribution in [2.24, 2.45) is 5.92 Å². The number of methoxy groups -OCH3 is 1. The fourth-order valence-electron chi connectivity index (χ4n) is 1.65. The summed E-state index contributed by atoms with van der Waals surface area (Å²) in [4.78, 5) is 15.1. The minimum atomic E-state index is -3.70. The molecule has 8 heteroatoms. The standard InChI is InChI=1S/C10H14N2O4S2/c1-6(7-3-4-7)12-18(14,15)10-8(9(13)16-2)11-5-17-10/h5-7,12H,3-4H2,1-2H3. The van der Waals surface area contributed by atoms with E-state index in [0.717, 1.165) is 24.2 Å². The van der Waals surface area contributed by atoms with Gasteiger partial charge in [-0.05, 0) is 25.7 Å². The highest BCUT2D eigenvalue weighted by Crippen LogP contribution is 2.33. The smallest absolute Gasteiger partial charge is 0.358 e. The van der Waals surface area contributed by atoms with E-state index in [1.165, 1.54) is 12.6 Å². The van der Waals surface area contributed by atoms with Crippen LogP contribution in [0.3, 0.4) is 0 Å². The van der Waals surface area contributed by atoms with Gasteiger partial charge in [0.05, 0.1) is 12.6 Å². The second kappa shape index (κ2) is 4.94. The Labute approximate surface area is 109 Å². The molecule has 1 aliphatic carbocycles. The molecule has 1 N–H and O–H groups in total. The van der Waals surface area contributed by atoms with Crippen molar-refractivity contribution < 1.29 is 17.9 Å². The number of carbonyl (C=O) groups is 1. The zero-order valence-electron chi connectivity index (χ0n) is 10.0. The number of esters is 1. The van der Waals surface area contributed by atoms with Crippen LogP contribution in [0.1, 0.15) is 30.3 Å². The number of nitrogens with one attached hydrogen (secondary N) is 1. The van der Waals surface area contributed by atoms with Crippen LogP contribution in [-0.4, -0.2) is 32.5 Å². The van der Waals surface area contributed by atoms with Gasteiger partial charge in [-0.1, -0.05) is 0 Å². The van der Waals surface area contributed by atoms with E-state index >= 15 is 0 Å². The Morgan fingerprint density at radius 1 is 1.61 bits per heavy atom. The van der Waals surface area contributed by atoms with Crippen LogP contribution < -0.4 is 4.72 Å². The Morgan fingerprint density at radius 3 is 2.83 bits per heavy atom. The van der Waals surface area contributed by atoms with Crippen molar-refractivity contribution in [1.29, 1.82) is 0 Å². The normalized spacial score (nSPS) is 17.4. The van der Waals surface area contributed by atoms with Gasteiger partial charge in [-0.3, -0.25) is 0 Å². The zero-order valence-corrected chi connectivity index (χ0v) is 11.7. The van der Waals surface area contributed by atoms with E-state index in [9.17, 15) is 13.2 Å². The SMILES string of the molecule is COC(=O)c1ncsc1S(=O)(=O)NC(C)C1CC1. The average Bonchev–Trinajstić information content (AvgIpc) is 3.04. The molecular weight excluding hydrogens is 276 g/mol. The van der Waals surface area contributed by atoms with E-state index in [2.05, 4.69) is 14.4 Å². The lowest BCUT2D eigenvalue weighted by atomic mass is 10.2.